The van der Waals surface area contributed by atoms with E-state index in [4.69, 9.17) is 9.84 Å². The lowest BCUT2D eigenvalue weighted by Gasteiger charge is -2.39. The number of hydrazone groups is 1. The molecule has 7 heteroatoms. The second-order valence-corrected chi connectivity index (χ2v) is 9.12. The first-order chi connectivity index (χ1) is 18.1. The molecule has 0 aliphatic carbocycles. The summed E-state index contributed by atoms with van der Waals surface area (Å²) in [5, 5.41) is 18.0. The molecule has 0 saturated heterocycles. The lowest BCUT2D eigenvalue weighted by Crippen LogP contribution is -2.47. The molecule has 2 heterocycles. The molecular formula is C30H23N3O4. The number of benzene rings is 4. The first kappa shape index (κ1) is 22.7. The summed E-state index contributed by atoms with van der Waals surface area (Å²) >= 11 is 0. The van der Waals surface area contributed by atoms with Gasteiger partial charge in [-0.1, -0.05) is 72.8 Å². The Morgan fingerprint density at radius 3 is 2.11 bits per heavy atom. The first-order valence-corrected chi connectivity index (χ1v) is 12.1. The fourth-order valence-corrected chi connectivity index (χ4v) is 5.10. The Bertz CT molecular complexity index is 1490. The van der Waals surface area contributed by atoms with Crippen molar-refractivity contribution in [1.82, 2.24) is 5.01 Å². The van der Waals surface area contributed by atoms with Crippen LogP contribution in [0.4, 0.5) is 5.69 Å². The van der Waals surface area contributed by atoms with Gasteiger partial charge in [-0.15, -0.1) is 0 Å². The van der Waals surface area contributed by atoms with Gasteiger partial charge in [0.1, 0.15) is 5.75 Å². The Kier molecular flexibility index (Phi) is 5.73. The molecule has 3 atom stereocenters. The van der Waals surface area contributed by atoms with Gasteiger partial charge in [0, 0.05) is 18.6 Å². The van der Waals surface area contributed by atoms with Crippen molar-refractivity contribution in [3.8, 4) is 5.75 Å². The summed E-state index contributed by atoms with van der Waals surface area (Å²) in [6.07, 6.45) is -0.0100. The van der Waals surface area contributed by atoms with E-state index in [9.17, 15) is 14.9 Å². The number of para-hydroxylation sites is 1. The third-order valence-corrected chi connectivity index (χ3v) is 6.91. The minimum Gasteiger partial charge on any atom is -0.482 e. The molecule has 4 aromatic carbocycles. The van der Waals surface area contributed by atoms with Crippen LogP contribution >= 0.6 is 0 Å². The van der Waals surface area contributed by atoms with E-state index in [0.29, 0.717) is 17.7 Å². The summed E-state index contributed by atoms with van der Waals surface area (Å²) in [5.74, 6) is 0.512. The van der Waals surface area contributed by atoms with Crippen molar-refractivity contribution in [1.29, 1.82) is 0 Å². The largest absolute Gasteiger partial charge is 0.482 e. The highest BCUT2D eigenvalue weighted by molar-refractivity contribution is 6.05. The van der Waals surface area contributed by atoms with E-state index in [1.165, 1.54) is 12.1 Å². The minimum atomic E-state index is -0.696. The number of rotatable bonds is 5. The lowest BCUT2D eigenvalue weighted by molar-refractivity contribution is -0.384. The molecule has 0 fully saturated rings. The number of nitro benzene ring substituents is 1. The molecule has 0 saturated carbocycles. The molecule has 6 rings (SSSR count). The molecule has 0 amide bonds. The second-order valence-electron chi connectivity index (χ2n) is 9.12. The average molecular weight is 490 g/mol. The molecule has 0 radical (unpaired) electrons. The Morgan fingerprint density at radius 2 is 1.43 bits per heavy atom. The quantitative estimate of drug-likeness (QED) is 0.249. The third kappa shape index (κ3) is 4.14. The van der Waals surface area contributed by atoms with Crippen LogP contribution in [0.15, 0.2) is 114 Å². The molecule has 2 aliphatic heterocycles. The van der Waals surface area contributed by atoms with E-state index in [1.54, 1.807) is 18.2 Å². The SMILES string of the molecule is O=C1c2ccccc2OC(c2ccccc2)C1N1N=C(c2ccc([N+](=O)[O-])cc2)CC1c1ccccc1. The van der Waals surface area contributed by atoms with Crippen LogP contribution in [0.25, 0.3) is 0 Å². The number of hydrogen-bond acceptors (Lipinski definition) is 6. The summed E-state index contributed by atoms with van der Waals surface area (Å²) in [7, 11) is 0. The highest BCUT2D eigenvalue weighted by Gasteiger charge is 2.46. The zero-order valence-corrected chi connectivity index (χ0v) is 19.8. The number of fused-ring (bicyclic) bond motifs is 1. The number of nitro groups is 1. The summed E-state index contributed by atoms with van der Waals surface area (Å²) in [4.78, 5) is 24.8. The van der Waals surface area contributed by atoms with Crippen LogP contribution in [0, 0.1) is 10.1 Å². The summed E-state index contributed by atoms with van der Waals surface area (Å²) in [6, 6.07) is 32.5. The number of ether oxygens (including phenoxy) is 1. The first-order valence-electron chi connectivity index (χ1n) is 12.1. The highest BCUT2D eigenvalue weighted by atomic mass is 16.6. The Morgan fingerprint density at radius 1 is 0.811 bits per heavy atom. The number of ketones is 1. The van der Waals surface area contributed by atoms with Crippen LogP contribution in [0.1, 0.15) is 45.6 Å². The lowest BCUT2D eigenvalue weighted by atomic mass is 9.89. The van der Waals surface area contributed by atoms with Crippen molar-refractivity contribution in [3.63, 3.8) is 0 Å². The maximum absolute atomic E-state index is 14.1. The molecule has 0 bridgehead atoms. The molecule has 182 valence electrons. The van der Waals surface area contributed by atoms with E-state index >= 15 is 0 Å². The molecule has 0 N–H and O–H groups in total. The van der Waals surface area contributed by atoms with E-state index in [-0.39, 0.29) is 17.5 Å². The van der Waals surface area contributed by atoms with Gasteiger partial charge >= 0.3 is 0 Å². The standard InChI is InChI=1S/C30H23N3O4/c34-29-24-13-7-8-14-27(24)37-30(22-11-5-2-6-12-22)28(29)32-26(21-9-3-1-4-10-21)19-25(31-32)20-15-17-23(18-16-20)33(35)36/h1-18,26,28,30H,19H2. The van der Waals surface area contributed by atoms with Crippen molar-refractivity contribution in [2.45, 2.75) is 24.6 Å². The molecule has 37 heavy (non-hydrogen) atoms. The maximum Gasteiger partial charge on any atom is 0.269 e. The summed E-state index contributed by atoms with van der Waals surface area (Å²) in [6.45, 7) is 0. The van der Waals surface area contributed by atoms with Gasteiger partial charge in [-0.3, -0.25) is 19.9 Å². The Labute approximate surface area is 213 Å². The van der Waals surface area contributed by atoms with E-state index in [1.807, 2.05) is 83.9 Å². The Hall–Kier alpha value is -4.78. The van der Waals surface area contributed by atoms with Crippen LogP contribution in [-0.2, 0) is 0 Å². The Balaban J connectivity index is 1.47. The molecule has 7 nitrogen and oxygen atoms in total. The number of hydrogen-bond donors (Lipinski definition) is 0. The van der Waals surface area contributed by atoms with Crippen molar-refractivity contribution in [2.24, 2.45) is 5.10 Å². The van der Waals surface area contributed by atoms with Crippen LogP contribution in [0.2, 0.25) is 0 Å². The van der Waals surface area contributed by atoms with Crippen molar-refractivity contribution in [3.05, 3.63) is 142 Å². The molecular weight excluding hydrogens is 466 g/mol. The minimum absolute atomic E-state index is 0.0235. The number of carbonyl (C=O) groups excluding carboxylic acids is 1. The van der Waals surface area contributed by atoms with Gasteiger partial charge in [-0.2, -0.15) is 5.10 Å². The number of carbonyl (C=O) groups is 1. The molecule has 4 aromatic rings. The third-order valence-electron chi connectivity index (χ3n) is 6.91. The van der Waals surface area contributed by atoms with Gasteiger partial charge in [-0.25, -0.2) is 0 Å². The highest BCUT2D eigenvalue weighted by Crippen LogP contribution is 2.43. The summed E-state index contributed by atoms with van der Waals surface area (Å²) < 4.78 is 6.47. The zero-order chi connectivity index (χ0) is 25.4. The molecule has 2 aliphatic rings. The average Bonchev–Trinajstić information content (AvgIpc) is 3.39. The van der Waals surface area contributed by atoms with E-state index in [0.717, 1.165) is 22.4 Å². The molecule has 3 unspecified atom stereocenters. The van der Waals surface area contributed by atoms with Gasteiger partial charge in [0.15, 0.2) is 17.9 Å². The van der Waals surface area contributed by atoms with Crippen molar-refractivity contribution < 1.29 is 14.5 Å². The topological polar surface area (TPSA) is 85.0 Å². The molecule has 0 aromatic heterocycles. The fraction of sp³-hybridized carbons (Fsp3) is 0.133. The van der Waals surface area contributed by atoms with Crippen LogP contribution in [0.3, 0.4) is 0 Å². The summed E-state index contributed by atoms with van der Waals surface area (Å²) in [5.41, 5.74) is 4.03. The second kappa shape index (κ2) is 9.35. The predicted octanol–water partition coefficient (Wildman–Crippen LogP) is 6.13. The zero-order valence-electron chi connectivity index (χ0n) is 19.8. The predicted molar refractivity (Wildman–Crippen MR) is 140 cm³/mol. The number of non-ortho nitro benzene ring substituents is 1. The normalized spacial score (nSPS) is 20.6. The maximum atomic E-state index is 14.1. The van der Waals surface area contributed by atoms with Gasteiger partial charge in [-0.05, 0) is 41.0 Å². The van der Waals surface area contributed by atoms with E-state index < -0.39 is 17.1 Å². The van der Waals surface area contributed by atoms with Crippen LogP contribution in [0.5, 0.6) is 5.75 Å². The van der Waals surface area contributed by atoms with Crippen molar-refractivity contribution in [2.75, 3.05) is 0 Å². The van der Waals surface area contributed by atoms with Gasteiger partial charge in [0.25, 0.3) is 5.69 Å². The smallest absolute Gasteiger partial charge is 0.269 e. The fourth-order valence-electron chi connectivity index (χ4n) is 5.10. The van der Waals surface area contributed by atoms with Crippen LogP contribution in [-0.4, -0.2) is 27.5 Å². The monoisotopic (exact) mass is 489 g/mol. The van der Waals surface area contributed by atoms with Crippen LogP contribution < -0.4 is 4.74 Å². The van der Waals surface area contributed by atoms with Crippen molar-refractivity contribution >= 4 is 17.2 Å². The molecule has 0 spiro atoms. The number of Topliss-reactive ketones (excluding diaryl/α,β-unsaturated/α-hetero) is 1. The number of nitrogens with zero attached hydrogens (tertiary/aromatic N) is 3. The van der Waals surface area contributed by atoms with Gasteiger partial charge in [0.2, 0.25) is 0 Å². The van der Waals surface area contributed by atoms with Gasteiger partial charge < -0.3 is 4.74 Å². The van der Waals surface area contributed by atoms with E-state index in [2.05, 4.69) is 0 Å². The van der Waals surface area contributed by atoms with Gasteiger partial charge in [0.05, 0.1) is 22.2 Å².